The summed E-state index contributed by atoms with van der Waals surface area (Å²) in [4.78, 5) is 25.3. The van der Waals surface area contributed by atoms with Gasteiger partial charge in [0.05, 0.1) is 7.11 Å². The number of hydrogen-bond donors (Lipinski definition) is 1. The lowest BCUT2D eigenvalue weighted by molar-refractivity contribution is -0.131. The first-order chi connectivity index (χ1) is 10.0. The number of nitrogens with zero attached hydrogens (tertiary/aromatic N) is 1. The first kappa shape index (κ1) is 17.3. The first-order valence-electron chi connectivity index (χ1n) is 7.49. The summed E-state index contributed by atoms with van der Waals surface area (Å²) in [6, 6.07) is 0. The summed E-state index contributed by atoms with van der Waals surface area (Å²) in [5, 5.41) is 2.79. The molecule has 0 spiro atoms. The Bertz CT molecular complexity index is 423. The van der Waals surface area contributed by atoms with Crippen LogP contribution >= 0.6 is 0 Å². The molecule has 1 rings (SSSR count). The van der Waals surface area contributed by atoms with E-state index < -0.39 is 0 Å². The molecule has 0 aromatic heterocycles. The first-order valence-corrected chi connectivity index (χ1v) is 7.49. The lowest BCUT2D eigenvalue weighted by Gasteiger charge is -2.20. The Morgan fingerprint density at radius 2 is 2.05 bits per heavy atom. The van der Waals surface area contributed by atoms with Crippen LogP contribution in [0.4, 0.5) is 0 Å². The summed E-state index contributed by atoms with van der Waals surface area (Å²) in [5.74, 6) is 0.712. The van der Waals surface area contributed by atoms with E-state index in [1.807, 2.05) is 18.7 Å². The van der Waals surface area contributed by atoms with E-state index >= 15 is 0 Å². The lowest BCUT2D eigenvalue weighted by Crippen LogP contribution is -2.37. The van der Waals surface area contributed by atoms with Crippen molar-refractivity contribution in [1.82, 2.24) is 10.2 Å². The van der Waals surface area contributed by atoms with Gasteiger partial charge in [-0.3, -0.25) is 9.59 Å². The number of carbonyl (C=O) groups excluding carboxylic acids is 2. The maximum Gasteiger partial charge on any atom is 0.244 e. The summed E-state index contributed by atoms with van der Waals surface area (Å²) in [6.07, 6.45) is 6.88. The fraction of sp³-hybridized carbons (Fsp3) is 0.625. The van der Waals surface area contributed by atoms with E-state index in [2.05, 4.69) is 5.32 Å². The van der Waals surface area contributed by atoms with Crippen molar-refractivity contribution in [1.29, 1.82) is 0 Å². The molecule has 0 aromatic rings. The molecule has 0 bridgehead atoms. The molecule has 0 aromatic carbocycles. The number of nitrogens with one attached hydrogen (secondary N) is 1. The Kier molecular flexibility index (Phi) is 7.58. The van der Waals surface area contributed by atoms with Crippen LogP contribution in [0.25, 0.3) is 0 Å². The Morgan fingerprint density at radius 1 is 1.29 bits per heavy atom. The fourth-order valence-corrected chi connectivity index (χ4v) is 2.24. The zero-order valence-corrected chi connectivity index (χ0v) is 13.3. The van der Waals surface area contributed by atoms with Crippen molar-refractivity contribution in [3.63, 3.8) is 0 Å². The Hall–Kier alpha value is -1.78. The second-order valence-electron chi connectivity index (χ2n) is 5.38. The van der Waals surface area contributed by atoms with Crippen LogP contribution in [0.15, 0.2) is 23.5 Å². The van der Waals surface area contributed by atoms with Crippen molar-refractivity contribution in [2.24, 2.45) is 0 Å². The molecule has 118 valence electrons. The molecule has 2 amide bonds. The summed E-state index contributed by atoms with van der Waals surface area (Å²) >= 11 is 0. The third kappa shape index (κ3) is 6.47. The second kappa shape index (κ2) is 9.21. The molecular formula is C16H26N2O3. The maximum atomic E-state index is 11.8. The SMILES string of the molecule is COC(/C=C\C(=O)NCCN1CCCCCC1=O)=C(C)C. The highest BCUT2D eigenvalue weighted by molar-refractivity contribution is 5.87. The summed E-state index contributed by atoms with van der Waals surface area (Å²) in [6.45, 7) is 5.71. The minimum absolute atomic E-state index is 0.173. The van der Waals surface area contributed by atoms with E-state index in [0.717, 1.165) is 31.4 Å². The topological polar surface area (TPSA) is 58.6 Å². The summed E-state index contributed by atoms with van der Waals surface area (Å²) in [5.41, 5.74) is 1.01. The number of amides is 2. The molecular weight excluding hydrogens is 268 g/mol. The number of likely N-dealkylation sites (tertiary alicyclic amines) is 1. The van der Waals surface area contributed by atoms with Crippen molar-refractivity contribution in [2.45, 2.75) is 39.5 Å². The van der Waals surface area contributed by atoms with Crippen molar-refractivity contribution in [3.05, 3.63) is 23.5 Å². The minimum atomic E-state index is -0.173. The van der Waals surface area contributed by atoms with Gasteiger partial charge < -0.3 is 15.0 Å². The van der Waals surface area contributed by atoms with Gasteiger partial charge >= 0.3 is 0 Å². The zero-order chi connectivity index (χ0) is 15.7. The van der Waals surface area contributed by atoms with Gasteiger partial charge in [0.2, 0.25) is 11.8 Å². The Balaban J connectivity index is 2.34. The molecule has 5 nitrogen and oxygen atoms in total. The number of rotatable bonds is 6. The molecule has 0 unspecified atom stereocenters. The molecule has 21 heavy (non-hydrogen) atoms. The molecule has 1 fully saturated rings. The molecule has 5 heteroatoms. The van der Waals surface area contributed by atoms with Crippen LogP contribution in [0.5, 0.6) is 0 Å². The van der Waals surface area contributed by atoms with Gasteiger partial charge in [-0.25, -0.2) is 0 Å². The molecule has 1 aliphatic heterocycles. The van der Waals surface area contributed by atoms with E-state index in [4.69, 9.17) is 4.74 Å². The van der Waals surface area contributed by atoms with Crippen molar-refractivity contribution >= 4 is 11.8 Å². The van der Waals surface area contributed by atoms with Crippen LogP contribution in [0.3, 0.4) is 0 Å². The quantitative estimate of drug-likeness (QED) is 0.463. The van der Waals surface area contributed by atoms with Crippen LogP contribution in [0.1, 0.15) is 39.5 Å². The molecule has 0 aliphatic carbocycles. The number of ether oxygens (including phenoxy) is 1. The fourth-order valence-electron chi connectivity index (χ4n) is 2.24. The highest BCUT2D eigenvalue weighted by atomic mass is 16.5. The predicted molar refractivity (Wildman–Crippen MR) is 82.6 cm³/mol. The van der Waals surface area contributed by atoms with E-state index in [1.54, 1.807) is 13.2 Å². The molecule has 1 N–H and O–H groups in total. The van der Waals surface area contributed by atoms with Crippen LogP contribution < -0.4 is 5.32 Å². The van der Waals surface area contributed by atoms with Crippen LogP contribution in [-0.2, 0) is 14.3 Å². The van der Waals surface area contributed by atoms with Crippen molar-refractivity contribution in [2.75, 3.05) is 26.7 Å². The number of methoxy groups -OCH3 is 1. The largest absolute Gasteiger partial charge is 0.497 e. The monoisotopic (exact) mass is 294 g/mol. The standard InChI is InChI=1S/C16H26N2O3/c1-13(2)14(21-3)8-9-15(19)17-10-12-18-11-6-4-5-7-16(18)20/h8-9H,4-7,10-12H2,1-3H3,(H,17,19)/b9-8-. The normalized spacial score (nSPS) is 15.8. The second-order valence-corrected chi connectivity index (χ2v) is 5.38. The molecule has 0 atom stereocenters. The van der Waals surface area contributed by atoms with Crippen LogP contribution in [-0.4, -0.2) is 43.5 Å². The number of carbonyl (C=O) groups is 2. The molecule has 1 heterocycles. The van der Waals surface area contributed by atoms with E-state index in [0.29, 0.717) is 25.3 Å². The number of allylic oxidation sites excluding steroid dienone is 2. The third-order valence-corrected chi connectivity index (χ3v) is 3.45. The molecule has 1 aliphatic rings. The van der Waals surface area contributed by atoms with E-state index in [1.165, 1.54) is 6.08 Å². The van der Waals surface area contributed by atoms with E-state index in [9.17, 15) is 9.59 Å². The molecule has 0 saturated carbocycles. The van der Waals surface area contributed by atoms with Crippen molar-refractivity contribution in [3.8, 4) is 0 Å². The predicted octanol–water partition coefficient (Wildman–Crippen LogP) is 2.00. The highest BCUT2D eigenvalue weighted by Gasteiger charge is 2.15. The van der Waals surface area contributed by atoms with E-state index in [-0.39, 0.29) is 11.8 Å². The van der Waals surface area contributed by atoms with Gasteiger partial charge in [-0.15, -0.1) is 0 Å². The van der Waals surface area contributed by atoms with Gasteiger partial charge in [0, 0.05) is 32.1 Å². The summed E-state index contributed by atoms with van der Waals surface area (Å²) < 4.78 is 5.15. The Labute approximate surface area is 127 Å². The zero-order valence-electron chi connectivity index (χ0n) is 13.3. The lowest BCUT2D eigenvalue weighted by atomic mass is 10.2. The minimum Gasteiger partial charge on any atom is -0.497 e. The van der Waals surface area contributed by atoms with Crippen molar-refractivity contribution < 1.29 is 14.3 Å². The highest BCUT2D eigenvalue weighted by Crippen LogP contribution is 2.10. The smallest absolute Gasteiger partial charge is 0.244 e. The molecule has 1 saturated heterocycles. The van der Waals surface area contributed by atoms with Gasteiger partial charge in [-0.05, 0) is 38.3 Å². The van der Waals surface area contributed by atoms with Gasteiger partial charge in [-0.1, -0.05) is 6.42 Å². The maximum absolute atomic E-state index is 11.8. The summed E-state index contributed by atoms with van der Waals surface area (Å²) in [7, 11) is 1.58. The van der Waals surface area contributed by atoms with Gasteiger partial charge in [-0.2, -0.15) is 0 Å². The molecule has 0 radical (unpaired) electrons. The van der Waals surface area contributed by atoms with Gasteiger partial charge in [0.25, 0.3) is 0 Å². The third-order valence-electron chi connectivity index (χ3n) is 3.45. The Morgan fingerprint density at radius 3 is 2.71 bits per heavy atom. The van der Waals surface area contributed by atoms with Gasteiger partial charge in [0.15, 0.2) is 0 Å². The van der Waals surface area contributed by atoms with Crippen LogP contribution in [0.2, 0.25) is 0 Å². The van der Waals surface area contributed by atoms with Gasteiger partial charge in [0.1, 0.15) is 5.76 Å². The number of hydrogen-bond acceptors (Lipinski definition) is 3. The average Bonchev–Trinajstić information content (AvgIpc) is 2.64. The van der Waals surface area contributed by atoms with Crippen LogP contribution in [0, 0.1) is 0 Å². The average molecular weight is 294 g/mol.